The number of pyridine rings is 1. The molecule has 11 heteroatoms. The number of rotatable bonds is 6. The number of nitrogens with zero attached hydrogens (tertiary/aromatic N) is 6. The Morgan fingerprint density at radius 2 is 1.87 bits per heavy atom. The Hall–Kier alpha value is -3.65. The molecule has 3 aliphatic rings. The molecule has 0 N–H and O–H groups in total. The van der Waals surface area contributed by atoms with Crippen molar-refractivity contribution in [3.63, 3.8) is 0 Å². The number of nitriles is 1. The zero-order valence-corrected chi connectivity index (χ0v) is 21.7. The number of alkyl halides is 3. The number of hydrogen-bond acceptors (Lipinski definition) is 6. The first kappa shape index (κ1) is 26.0. The number of anilines is 2. The van der Waals surface area contributed by atoms with Crippen molar-refractivity contribution in [1.29, 1.82) is 5.26 Å². The van der Waals surface area contributed by atoms with Crippen LogP contribution in [0.15, 0.2) is 48.9 Å². The van der Waals surface area contributed by atoms with E-state index in [9.17, 15) is 18.0 Å². The molecular weight excluding hydrogens is 513 g/mol. The van der Waals surface area contributed by atoms with Gasteiger partial charge >= 0.3 is 6.18 Å². The minimum atomic E-state index is -4.79. The summed E-state index contributed by atoms with van der Waals surface area (Å²) in [5.41, 5.74) is -1.05. The topological polar surface area (TPSA) is 66.7 Å². The van der Waals surface area contributed by atoms with Crippen molar-refractivity contribution >= 4 is 34.6 Å². The van der Waals surface area contributed by atoms with Crippen LogP contribution in [0.2, 0.25) is 0 Å². The van der Waals surface area contributed by atoms with Gasteiger partial charge in [0.05, 0.1) is 17.4 Å². The highest BCUT2D eigenvalue weighted by atomic mass is 32.1. The summed E-state index contributed by atoms with van der Waals surface area (Å²) >= 11 is 5.68. The number of amides is 1. The van der Waals surface area contributed by atoms with E-state index in [-0.39, 0.29) is 16.7 Å². The van der Waals surface area contributed by atoms with E-state index in [2.05, 4.69) is 34.2 Å². The fourth-order valence-electron chi connectivity index (χ4n) is 5.22. The number of carbonyl (C=O) groups is 1. The molecule has 38 heavy (non-hydrogen) atoms. The van der Waals surface area contributed by atoms with Gasteiger partial charge in [0, 0.05) is 44.8 Å². The highest BCUT2D eigenvalue weighted by Crippen LogP contribution is 2.48. The largest absolute Gasteiger partial charge is 0.419 e. The van der Waals surface area contributed by atoms with Crippen molar-refractivity contribution < 1.29 is 18.0 Å². The van der Waals surface area contributed by atoms with Crippen LogP contribution in [0.5, 0.6) is 0 Å². The number of carbonyl (C=O) groups excluding carboxylic acids is 1. The van der Waals surface area contributed by atoms with Gasteiger partial charge in [-0.25, -0.2) is 4.98 Å². The predicted octanol–water partition coefficient (Wildman–Crippen LogP) is 4.68. The quantitative estimate of drug-likeness (QED) is 0.493. The fourth-order valence-corrected chi connectivity index (χ4v) is 5.69. The van der Waals surface area contributed by atoms with Gasteiger partial charge < -0.3 is 14.7 Å². The van der Waals surface area contributed by atoms with Crippen molar-refractivity contribution in [3.8, 4) is 6.07 Å². The molecule has 1 aliphatic carbocycles. The maximum absolute atomic E-state index is 13.6. The first-order valence-electron chi connectivity index (χ1n) is 12.5. The zero-order chi connectivity index (χ0) is 27.1. The van der Waals surface area contributed by atoms with Crippen LogP contribution in [-0.4, -0.2) is 58.0 Å². The van der Waals surface area contributed by atoms with Crippen molar-refractivity contribution in [2.45, 2.75) is 43.8 Å². The molecule has 0 radical (unpaired) electrons. The van der Waals surface area contributed by atoms with Crippen molar-refractivity contribution in [2.75, 3.05) is 36.5 Å². The second-order valence-electron chi connectivity index (χ2n) is 9.93. The third-order valence-corrected chi connectivity index (χ3v) is 7.88. The molecule has 1 amide bonds. The summed E-state index contributed by atoms with van der Waals surface area (Å²) in [6, 6.07) is 10.1. The summed E-state index contributed by atoms with van der Waals surface area (Å²) in [6.07, 6.45) is 4.33. The van der Waals surface area contributed by atoms with E-state index in [1.54, 1.807) is 4.90 Å². The van der Waals surface area contributed by atoms with Gasteiger partial charge in [-0.15, -0.1) is 0 Å². The van der Waals surface area contributed by atoms with Crippen LogP contribution in [0.25, 0.3) is 0 Å². The number of hydrogen-bond donors (Lipinski definition) is 0. The normalized spacial score (nSPS) is 18.8. The van der Waals surface area contributed by atoms with E-state index in [1.807, 2.05) is 24.3 Å². The van der Waals surface area contributed by atoms with Crippen LogP contribution in [-0.2, 0) is 17.4 Å². The van der Waals surface area contributed by atoms with Gasteiger partial charge in [-0.3, -0.25) is 9.69 Å². The molecule has 7 nitrogen and oxygen atoms in total. The molecule has 2 fully saturated rings. The molecule has 1 saturated carbocycles. The molecular formula is C27H27F3N6OS. The van der Waals surface area contributed by atoms with E-state index in [0.29, 0.717) is 12.8 Å². The minimum Gasteiger partial charge on any atom is -0.377 e. The van der Waals surface area contributed by atoms with E-state index in [0.717, 1.165) is 67.3 Å². The van der Waals surface area contributed by atoms with Crippen LogP contribution in [0.1, 0.15) is 42.5 Å². The van der Waals surface area contributed by atoms with E-state index in [4.69, 9.17) is 17.5 Å². The Bertz CT molecular complexity index is 1320. The number of aryl methyl sites for hydroxylation is 1. The second kappa shape index (κ2) is 9.91. The number of thiocarbonyl (C=S) groups is 1. The van der Waals surface area contributed by atoms with E-state index in [1.165, 1.54) is 6.07 Å². The molecule has 0 bridgehead atoms. The SMILES string of the molecule is CN1C=CN(CCCc2ccc(N3C(=S)N(c4cnc(C#N)c(C(F)(F)F)c4)C(=O)C34CCC4)cc2)CC1. The van der Waals surface area contributed by atoms with Crippen LogP contribution in [0, 0.1) is 11.3 Å². The number of likely N-dealkylation sites (N-methyl/N-ethyl adjacent to an activating group) is 1. The molecule has 1 saturated heterocycles. The first-order chi connectivity index (χ1) is 18.1. The standard InChI is InChI=1S/C27H27F3N6OS/c1-33-12-14-34(15-13-33)11-2-4-19-5-7-20(8-6-19)36-25(38)35(24(37)26(36)9-3-10-26)21-16-22(27(28,29)30)23(17-31)32-18-21/h5-8,12,14,16,18H,2-4,9-11,13,15H2,1H3. The summed E-state index contributed by atoms with van der Waals surface area (Å²) in [6.45, 7) is 2.98. The second-order valence-corrected chi connectivity index (χ2v) is 10.3. The summed E-state index contributed by atoms with van der Waals surface area (Å²) < 4.78 is 40.7. The third kappa shape index (κ3) is 4.58. The summed E-state index contributed by atoms with van der Waals surface area (Å²) in [7, 11) is 2.06. The molecule has 1 aromatic carbocycles. The lowest BCUT2D eigenvalue weighted by Crippen LogP contribution is -2.55. The molecule has 0 unspecified atom stereocenters. The Morgan fingerprint density at radius 1 is 1.13 bits per heavy atom. The van der Waals surface area contributed by atoms with Crippen molar-refractivity contribution in [1.82, 2.24) is 14.8 Å². The molecule has 1 aromatic heterocycles. The third-order valence-electron chi connectivity index (χ3n) is 7.51. The fraction of sp³-hybridized carbons (Fsp3) is 0.407. The van der Waals surface area contributed by atoms with Gasteiger partial charge in [-0.05, 0) is 68.1 Å². The van der Waals surface area contributed by atoms with Crippen LogP contribution in [0.4, 0.5) is 24.5 Å². The monoisotopic (exact) mass is 540 g/mol. The maximum Gasteiger partial charge on any atom is 0.419 e. The Labute approximate surface area is 224 Å². The molecule has 3 heterocycles. The highest BCUT2D eigenvalue weighted by Gasteiger charge is 2.59. The Balaban J connectivity index is 1.35. The lowest BCUT2D eigenvalue weighted by molar-refractivity contribution is -0.138. The first-order valence-corrected chi connectivity index (χ1v) is 12.9. The average Bonchev–Trinajstić information content (AvgIpc) is 3.11. The van der Waals surface area contributed by atoms with Crippen molar-refractivity contribution in [3.05, 3.63) is 65.7 Å². The summed E-state index contributed by atoms with van der Waals surface area (Å²) in [4.78, 5) is 24.7. The van der Waals surface area contributed by atoms with Crippen LogP contribution < -0.4 is 9.80 Å². The lowest BCUT2D eigenvalue weighted by Gasteiger charge is -2.43. The van der Waals surface area contributed by atoms with Crippen LogP contribution in [0.3, 0.4) is 0 Å². The van der Waals surface area contributed by atoms with Crippen LogP contribution >= 0.6 is 12.2 Å². The molecule has 198 valence electrons. The molecule has 0 atom stereocenters. The van der Waals surface area contributed by atoms with E-state index < -0.39 is 23.0 Å². The number of benzene rings is 1. The van der Waals surface area contributed by atoms with Gasteiger partial charge in [-0.2, -0.15) is 18.4 Å². The van der Waals surface area contributed by atoms with Gasteiger partial charge in [0.25, 0.3) is 5.91 Å². The van der Waals surface area contributed by atoms with Gasteiger partial charge in [0.2, 0.25) is 0 Å². The lowest BCUT2D eigenvalue weighted by atomic mass is 9.75. The van der Waals surface area contributed by atoms with Crippen molar-refractivity contribution in [2.24, 2.45) is 0 Å². The minimum absolute atomic E-state index is 0.0883. The molecule has 2 aliphatic heterocycles. The molecule has 1 spiro atoms. The average molecular weight is 541 g/mol. The predicted molar refractivity (Wildman–Crippen MR) is 141 cm³/mol. The maximum atomic E-state index is 13.6. The Kier molecular flexibility index (Phi) is 6.77. The van der Waals surface area contributed by atoms with E-state index >= 15 is 0 Å². The summed E-state index contributed by atoms with van der Waals surface area (Å²) in [5, 5.41) is 9.20. The van der Waals surface area contributed by atoms with Gasteiger partial charge in [-0.1, -0.05) is 12.1 Å². The highest BCUT2D eigenvalue weighted by molar-refractivity contribution is 7.81. The summed E-state index contributed by atoms with van der Waals surface area (Å²) in [5.74, 6) is -0.363. The zero-order valence-electron chi connectivity index (χ0n) is 20.9. The number of aromatic nitrogens is 1. The number of halogens is 3. The Morgan fingerprint density at radius 3 is 2.45 bits per heavy atom. The van der Waals surface area contributed by atoms with Gasteiger partial charge in [0.1, 0.15) is 11.6 Å². The van der Waals surface area contributed by atoms with Gasteiger partial charge in [0.15, 0.2) is 10.8 Å². The molecule has 2 aromatic rings. The smallest absolute Gasteiger partial charge is 0.377 e. The molecule has 5 rings (SSSR count).